The molecule has 3 heterocycles. The third-order valence-corrected chi connectivity index (χ3v) is 9.51. The average Bonchev–Trinajstić information content (AvgIpc) is 3.27. The molecule has 12 heteroatoms. The fourth-order valence-corrected chi connectivity index (χ4v) is 7.18. The molecule has 2 atom stereocenters. The van der Waals surface area contributed by atoms with Crippen LogP contribution >= 0.6 is 24.4 Å². The van der Waals surface area contributed by atoms with Crippen LogP contribution in [0.3, 0.4) is 0 Å². The van der Waals surface area contributed by atoms with Gasteiger partial charge in [-0.25, -0.2) is 0 Å². The first-order valence-electron chi connectivity index (χ1n) is 14.5. The average molecular weight is 645 g/mol. The lowest BCUT2D eigenvalue weighted by Gasteiger charge is -2.41. The van der Waals surface area contributed by atoms with Crippen LogP contribution in [0.5, 0.6) is 5.75 Å². The second-order valence-corrected chi connectivity index (χ2v) is 12.6. The summed E-state index contributed by atoms with van der Waals surface area (Å²) in [6.07, 6.45) is -2.65. The summed E-state index contributed by atoms with van der Waals surface area (Å²) in [6.45, 7) is 2.08. The molecule has 0 aliphatic carbocycles. The van der Waals surface area contributed by atoms with E-state index >= 15 is 0 Å². The number of carbonyl (C=O) groups excluding carboxylic acids is 2. The van der Waals surface area contributed by atoms with Crippen molar-refractivity contribution in [1.82, 2.24) is 15.5 Å². The Morgan fingerprint density at radius 3 is 2.52 bits per heavy atom. The summed E-state index contributed by atoms with van der Waals surface area (Å²) in [4.78, 5) is 29.3. The molecule has 3 aliphatic heterocycles. The van der Waals surface area contributed by atoms with Gasteiger partial charge in [-0.3, -0.25) is 9.59 Å². The zero-order chi connectivity index (χ0) is 31.1. The number of carbonyl (C=O) groups is 2. The summed E-state index contributed by atoms with van der Waals surface area (Å²) in [5.41, 5.74) is 4.52. The number of likely N-dealkylation sites (tertiary alicyclic amines) is 1. The number of anilines is 1. The van der Waals surface area contributed by atoms with E-state index in [9.17, 15) is 22.8 Å². The number of nitrogens with one attached hydrogen (secondary N) is 2. The van der Waals surface area contributed by atoms with Gasteiger partial charge in [0.05, 0.1) is 11.7 Å². The van der Waals surface area contributed by atoms with E-state index in [2.05, 4.69) is 40.3 Å². The number of amides is 2. The SMILES string of the molecule is O=C(N[C@H](Cc1ccc(Cl)cc1)C(=O)N1CCC2(CC1)CN(S)c1ccccc12)[C@@H]1Cc2ccc(OC(F)(F)F)cc2CN1. The van der Waals surface area contributed by atoms with Crippen LogP contribution in [0.1, 0.15) is 35.1 Å². The van der Waals surface area contributed by atoms with E-state index in [0.717, 1.165) is 36.2 Å². The molecule has 6 rings (SSSR count). The molecule has 3 aromatic carbocycles. The highest BCUT2D eigenvalue weighted by Crippen LogP contribution is 2.47. The normalized spacial score (nSPS) is 19.7. The molecule has 0 saturated carbocycles. The molecule has 3 aliphatic rings. The van der Waals surface area contributed by atoms with Crippen molar-refractivity contribution in [3.8, 4) is 5.75 Å². The quantitative estimate of drug-likeness (QED) is 0.322. The molecule has 0 unspecified atom stereocenters. The Morgan fingerprint density at radius 1 is 1.07 bits per heavy atom. The summed E-state index contributed by atoms with van der Waals surface area (Å²) < 4.78 is 44.0. The number of halogens is 4. The van der Waals surface area contributed by atoms with Gasteiger partial charge < -0.3 is 24.6 Å². The van der Waals surface area contributed by atoms with Crippen LogP contribution in [0.15, 0.2) is 66.7 Å². The Hall–Kier alpha value is -3.41. The Morgan fingerprint density at radius 2 is 1.80 bits per heavy atom. The number of para-hydroxylation sites is 1. The maximum Gasteiger partial charge on any atom is 0.573 e. The molecule has 2 N–H and O–H groups in total. The van der Waals surface area contributed by atoms with Gasteiger partial charge in [0.2, 0.25) is 11.8 Å². The summed E-state index contributed by atoms with van der Waals surface area (Å²) in [5, 5.41) is 6.66. The number of alkyl halides is 3. The lowest BCUT2D eigenvalue weighted by molar-refractivity contribution is -0.274. The highest BCUT2D eigenvalue weighted by molar-refractivity contribution is 7.81. The second-order valence-electron chi connectivity index (χ2n) is 11.7. The summed E-state index contributed by atoms with van der Waals surface area (Å²) in [6, 6.07) is 18.1. The van der Waals surface area contributed by atoms with Gasteiger partial charge in [0.15, 0.2) is 0 Å². The molecule has 0 bridgehead atoms. The van der Waals surface area contributed by atoms with Crippen LogP contribution in [0.25, 0.3) is 0 Å². The van der Waals surface area contributed by atoms with Crippen LogP contribution in [-0.4, -0.2) is 54.8 Å². The maximum absolute atomic E-state index is 14.0. The molecule has 1 saturated heterocycles. The van der Waals surface area contributed by atoms with Crippen LogP contribution in [-0.2, 0) is 34.4 Å². The second kappa shape index (κ2) is 12.2. The number of rotatable bonds is 6. The fraction of sp³-hybridized carbons (Fsp3) is 0.375. The standard InChI is InChI=1S/C32H32ClF3N4O3S/c33-23-8-5-20(6-9-23)15-27(30(42)39-13-11-31(12-14-39)19-40(44)28-4-2-1-3-25(28)31)38-29(41)26-17-21-7-10-24(43-32(34,35)36)16-22(21)18-37-26/h1-10,16,26-27,37,44H,11-15,17-19H2,(H,38,41)/t26-,27+/m0/s1. The first kappa shape index (κ1) is 30.6. The van der Waals surface area contributed by atoms with E-state index in [0.29, 0.717) is 23.7 Å². The molecule has 2 amide bonds. The topological polar surface area (TPSA) is 73.9 Å². The smallest absolute Gasteiger partial charge is 0.406 e. The van der Waals surface area contributed by atoms with Crippen molar-refractivity contribution in [1.29, 1.82) is 0 Å². The monoisotopic (exact) mass is 644 g/mol. The van der Waals surface area contributed by atoms with Gasteiger partial charge in [0, 0.05) is 43.0 Å². The largest absolute Gasteiger partial charge is 0.573 e. The zero-order valence-electron chi connectivity index (χ0n) is 23.7. The Balaban J connectivity index is 1.15. The van der Waals surface area contributed by atoms with Crippen molar-refractivity contribution in [2.24, 2.45) is 0 Å². The van der Waals surface area contributed by atoms with Gasteiger partial charge in [0.1, 0.15) is 11.8 Å². The van der Waals surface area contributed by atoms with Gasteiger partial charge >= 0.3 is 6.36 Å². The molecule has 1 spiro atoms. The molecular weight excluding hydrogens is 613 g/mol. The van der Waals surface area contributed by atoms with Gasteiger partial charge in [-0.15, -0.1) is 13.2 Å². The summed E-state index contributed by atoms with van der Waals surface area (Å²) in [5.74, 6) is -0.800. The van der Waals surface area contributed by atoms with Crippen LogP contribution in [0, 0.1) is 0 Å². The first-order valence-corrected chi connectivity index (χ1v) is 15.3. The van der Waals surface area contributed by atoms with Crippen LogP contribution < -0.4 is 19.7 Å². The molecule has 44 heavy (non-hydrogen) atoms. The lowest BCUT2D eigenvalue weighted by Crippen LogP contribution is -2.57. The van der Waals surface area contributed by atoms with Crippen molar-refractivity contribution in [2.75, 3.05) is 23.9 Å². The van der Waals surface area contributed by atoms with Gasteiger partial charge in [-0.1, -0.05) is 60.8 Å². The van der Waals surface area contributed by atoms with Crippen LogP contribution in [0.4, 0.5) is 18.9 Å². The molecule has 3 aromatic rings. The molecule has 0 aromatic heterocycles. The van der Waals surface area contributed by atoms with Crippen molar-refractivity contribution < 1.29 is 27.5 Å². The van der Waals surface area contributed by atoms with Crippen molar-refractivity contribution >= 4 is 41.9 Å². The molecule has 232 valence electrons. The Bertz CT molecular complexity index is 1550. The predicted octanol–water partition coefficient (Wildman–Crippen LogP) is 5.21. The number of ether oxygens (including phenoxy) is 1. The fourth-order valence-electron chi connectivity index (χ4n) is 6.61. The van der Waals surface area contributed by atoms with Gasteiger partial charge in [-0.2, -0.15) is 0 Å². The van der Waals surface area contributed by atoms with E-state index in [-0.39, 0.29) is 42.4 Å². The number of benzene rings is 3. The van der Waals surface area contributed by atoms with E-state index in [1.165, 1.54) is 17.7 Å². The van der Waals surface area contributed by atoms with E-state index in [1.54, 1.807) is 18.2 Å². The number of fused-ring (bicyclic) bond motifs is 3. The molecular formula is C32H32ClF3N4O3S. The summed E-state index contributed by atoms with van der Waals surface area (Å²) in [7, 11) is 0. The van der Waals surface area contributed by atoms with Crippen LogP contribution in [0.2, 0.25) is 5.02 Å². The van der Waals surface area contributed by atoms with Crippen molar-refractivity contribution in [2.45, 2.75) is 56.1 Å². The van der Waals surface area contributed by atoms with Gasteiger partial charge in [-0.05, 0) is 71.8 Å². The molecule has 1 fully saturated rings. The third kappa shape index (κ3) is 6.50. The van der Waals surface area contributed by atoms with E-state index in [4.69, 9.17) is 11.6 Å². The minimum atomic E-state index is -4.78. The lowest BCUT2D eigenvalue weighted by atomic mass is 9.74. The minimum Gasteiger partial charge on any atom is -0.406 e. The van der Waals surface area contributed by atoms with Crippen molar-refractivity contribution in [3.05, 3.63) is 94.0 Å². The molecule has 7 nitrogen and oxygen atoms in total. The van der Waals surface area contributed by atoms with Crippen molar-refractivity contribution in [3.63, 3.8) is 0 Å². The number of nitrogens with zero attached hydrogens (tertiary/aromatic N) is 2. The maximum atomic E-state index is 14.0. The number of hydrogen-bond donors (Lipinski definition) is 3. The highest BCUT2D eigenvalue weighted by atomic mass is 35.5. The van der Waals surface area contributed by atoms with Gasteiger partial charge in [0.25, 0.3) is 0 Å². The Labute approximate surface area is 264 Å². The summed E-state index contributed by atoms with van der Waals surface area (Å²) >= 11 is 10.8. The molecule has 0 radical (unpaired) electrons. The number of hydrogen-bond acceptors (Lipinski definition) is 6. The highest BCUT2D eigenvalue weighted by Gasteiger charge is 2.45. The third-order valence-electron chi connectivity index (χ3n) is 8.90. The minimum absolute atomic E-state index is 0.0749. The number of piperidine rings is 1. The predicted molar refractivity (Wildman–Crippen MR) is 165 cm³/mol. The Kier molecular flexibility index (Phi) is 8.47. The zero-order valence-corrected chi connectivity index (χ0v) is 25.4. The number of thiol groups is 1. The van der Waals surface area contributed by atoms with E-state index in [1.807, 2.05) is 33.5 Å². The van der Waals surface area contributed by atoms with E-state index < -0.39 is 18.4 Å². The first-order chi connectivity index (χ1) is 21.0.